The number of hydrogen-bond donors (Lipinski definition) is 2. The second-order valence-electron chi connectivity index (χ2n) is 5.21. The molecular weight excluding hydrogens is 297 g/mol. The zero-order valence-corrected chi connectivity index (χ0v) is 12.6. The first-order chi connectivity index (χ1) is 11.2. The van der Waals surface area contributed by atoms with Crippen molar-refractivity contribution >= 4 is 23.1 Å². The third kappa shape index (κ3) is 3.98. The van der Waals surface area contributed by atoms with Crippen molar-refractivity contribution in [3.63, 3.8) is 0 Å². The van der Waals surface area contributed by atoms with Crippen molar-refractivity contribution in [2.24, 2.45) is 0 Å². The summed E-state index contributed by atoms with van der Waals surface area (Å²) >= 11 is 0. The summed E-state index contributed by atoms with van der Waals surface area (Å²) in [4.78, 5) is 14.2. The van der Waals surface area contributed by atoms with Gasteiger partial charge in [0.15, 0.2) is 0 Å². The van der Waals surface area contributed by atoms with Crippen molar-refractivity contribution in [3.8, 4) is 0 Å². The Morgan fingerprint density at radius 3 is 2.52 bits per heavy atom. The Bertz CT molecular complexity index is 673. The molecular formula is C17H18FN3O2. The predicted molar refractivity (Wildman–Crippen MR) is 88.5 cm³/mol. The standard InChI is InChI=1S/C17H18FN3O2/c18-13-6-7-16(21-8-10-23-11-9-21)15(12-13)20-17(22)19-14-4-2-1-3-5-14/h1-7,12H,8-11H2,(H2,19,20,22). The molecule has 1 aliphatic heterocycles. The molecule has 1 saturated heterocycles. The van der Waals surface area contributed by atoms with Crippen LogP contribution in [0.25, 0.3) is 0 Å². The first kappa shape index (κ1) is 15.3. The van der Waals surface area contributed by atoms with Gasteiger partial charge in [-0.05, 0) is 30.3 Å². The lowest BCUT2D eigenvalue weighted by Crippen LogP contribution is -2.37. The fourth-order valence-electron chi connectivity index (χ4n) is 2.49. The average Bonchev–Trinajstić information content (AvgIpc) is 2.56. The van der Waals surface area contributed by atoms with E-state index >= 15 is 0 Å². The van der Waals surface area contributed by atoms with E-state index in [1.54, 1.807) is 18.2 Å². The minimum atomic E-state index is -0.406. The molecule has 0 atom stereocenters. The number of carbonyl (C=O) groups excluding carboxylic acids is 1. The maximum absolute atomic E-state index is 13.6. The Morgan fingerprint density at radius 2 is 1.78 bits per heavy atom. The third-order valence-corrected chi connectivity index (χ3v) is 3.59. The highest BCUT2D eigenvalue weighted by atomic mass is 19.1. The minimum absolute atomic E-state index is 0.392. The maximum atomic E-state index is 13.6. The molecule has 0 saturated carbocycles. The fraction of sp³-hybridized carbons (Fsp3) is 0.235. The van der Waals surface area contributed by atoms with Gasteiger partial charge in [0.1, 0.15) is 5.82 Å². The maximum Gasteiger partial charge on any atom is 0.323 e. The molecule has 1 aliphatic rings. The van der Waals surface area contributed by atoms with E-state index in [0.29, 0.717) is 37.7 Å². The van der Waals surface area contributed by atoms with Gasteiger partial charge < -0.3 is 20.3 Å². The lowest BCUT2D eigenvalue weighted by molar-refractivity contribution is 0.123. The van der Waals surface area contributed by atoms with Crippen LogP contribution in [0.15, 0.2) is 48.5 Å². The predicted octanol–water partition coefficient (Wildman–Crippen LogP) is 3.31. The van der Waals surface area contributed by atoms with Crippen LogP contribution in [0.3, 0.4) is 0 Å². The molecule has 1 heterocycles. The molecule has 2 aromatic rings. The number of ether oxygens (including phenoxy) is 1. The number of urea groups is 1. The highest BCUT2D eigenvalue weighted by molar-refractivity contribution is 6.01. The molecule has 0 radical (unpaired) electrons. The Balaban J connectivity index is 1.75. The highest BCUT2D eigenvalue weighted by Crippen LogP contribution is 2.27. The van der Waals surface area contributed by atoms with Crippen molar-refractivity contribution in [2.45, 2.75) is 0 Å². The van der Waals surface area contributed by atoms with E-state index in [-0.39, 0.29) is 0 Å². The summed E-state index contributed by atoms with van der Waals surface area (Å²) in [5, 5.41) is 5.45. The number of rotatable bonds is 3. The van der Waals surface area contributed by atoms with Crippen molar-refractivity contribution in [1.29, 1.82) is 0 Å². The third-order valence-electron chi connectivity index (χ3n) is 3.59. The summed E-state index contributed by atoms with van der Waals surface area (Å²) in [6, 6.07) is 13.1. The minimum Gasteiger partial charge on any atom is -0.378 e. The number of morpholine rings is 1. The lowest BCUT2D eigenvalue weighted by Gasteiger charge is -2.30. The molecule has 1 fully saturated rings. The molecule has 0 aromatic heterocycles. The molecule has 120 valence electrons. The fourth-order valence-corrected chi connectivity index (χ4v) is 2.49. The van der Waals surface area contributed by atoms with E-state index in [1.807, 2.05) is 18.2 Å². The van der Waals surface area contributed by atoms with E-state index in [4.69, 9.17) is 4.74 Å². The van der Waals surface area contributed by atoms with E-state index < -0.39 is 11.8 Å². The normalized spacial score (nSPS) is 14.4. The van der Waals surface area contributed by atoms with Crippen molar-refractivity contribution in [2.75, 3.05) is 41.8 Å². The monoisotopic (exact) mass is 315 g/mol. The van der Waals surface area contributed by atoms with Crippen molar-refractivity contribution in [1.82, 2.24) is 0 Å². The SMILES string of the molecule is O=C(Nc1ccccc1)Nc1cc(F)ccc1N1CCOCC1. The number of nitrogens with one attached hydrogen (secondary N) is 2. The smallest absolute Gasteiger partial charge is 0.323 e. The molecule has 6 heteroatoms. The zero-order valence-electron chi connectivity index (χ0n) is 12.6. The van der Waals surface area contributed by atoms with Crippen LogP contribution >= 0.6 is 0 Å². The number of halogens is 1. The van der Waals surface area contributed by atoms with E-state index in [0.717, 1.165) is 5.69 Å². The van der Waals surface area contributed by atoms with Crippen LogP contribution < -0.4 is 15.5 Å². The second-order valence-corrected chi connectivity index (χ2v) is 5.21. The van der Waals surface area contributed by atoms with Gasteiger partial charge >= 0.3 is 6.03 Å². The first-order valence-corrected chi connectivity index (χ1v) is 7.48. The van der Waals surface area contributed by atoms with Gasteiger partial charge in [0.05, 0.1) is 24.6 Å². The topological polar surface area (TPSA) is 53.6 Å². The molecule has 0 aliphatic carbocycles. The van der Waals surface area contributed by atoms with Crippen molar-refractivity contribution in [3.05, 3.63) is 54.3 Å². The zero-order chi connectivity index (χ0) is 16.1. The molecule has 2 N–H and O–H groups in total. The van der Waals surface area contributed by atoms with Gasteiger partial charge in [-0.2, -0.15) is 0 Å². The number of benzene rings is 2. The van der Waals surface area contributed by atoms with Crippen LogP contribution in [0.1, 0.15) is 0 Å². The number of nitrogens with zero attached hydrogens (tertiary/aromatic N) is 1. The quantitative estimate of drug-likeness (QED) is 0.914. The lowest BCUT2D eigenvalue weighted by atomic mass is 10.2. The molecule has 0 spiro atoms. The summed E-state index contributed by atoms with van der Waals surface area (Å²) in [5.74, 6) is -0.392. The Kier molecular flexibility index (Phi) is 4.73. The Morgan fingerprint density at radius 1 is 1.04 bits per heavy atom. The van der Waals surface area contributed by atoms with Crippen LogP contribution in [-0.2, 0) is 4.74 Å². The summed E-state index contributed by atoms with van der Waals surface area (Å²) < 4.78 is 18.9. The van der Waals surface area contributed by atoms with Gasteiger partial charge in [0, 0.05) is 18.8 Å². The van der Waals surface area contributed by atoms with Gasteiger partial charge in [-0.25, -0.2) is 9.18 Å². The summed E-state index contributed by atoms with van der Waals surface area (Å²) in [5.41, 5.74) is 1.91. The number of para-hydroxylation sites is 1. The molecule has 23 heavy (non-hydrogen) atoms. The molecule has 3 rings (SSSR count). The molecule has 0 unspecified atom stereocenters. The van der Waals surface area contributed by atoms with Crippen LogP contribution in [0.4, 0.5) is 26.2 Å². The Labute approximate surface area is 134 Å². The summed E-state index contributed by atoms with van der Waals surface area (Å²) in [7, 11) is 0. The number of hydrogen-bond acceptors (Lipinski definition) is 3. The van der Waals surface area contributed by atoms with Crippen LogP contribution in [0, 0.1) is 5.82 Å². The summed E-state index contributed by atoms with van der Waals surface area (Å²) in [6.45, 7) is 2.65. The molecule has 0 bridgehead atoms. The number of anilines is 3. The molecule has 2 amide bonds. The van der Waals surface area contributed by atoms with E-state index in [2.05, 4.69) is 15.5 Å². The first-order valence-electron chi connectivity index (χ1n) is 7.48. The van der Waals surface area contributed by atoms with Gasteiger partial charge in [-0.1, -0.05) is 18.2 Å². The van der Waals surface area contributed by atoms with Crippen LogP contribution in [0.2, 0.25) is 0 Å². The largest absolute Gasteiger partial charge is 0.378 e. The number of carbonyl (C=O) groups is 1. The van der Waals surface area contributed by atoms with Crippen LogP contribution in [0.5, 0.6) is 0 Å². The average molecular weight is 315 g/mol. The van der Waals surface area contributed by atoms with Gasteiger partial charge in [0.2, 0.25) is 0 Å². The van der Waals surface area contributed by atoms with Crippen LogP contribution in [-0.4, -0.2) is 32.3 Å². The highest BCUT2D eigenvalue weighted by Gasteiger charge is 2.16. The molecule has 2 aromatic carbocycles. The van der Waals surface area contributed by atoms with Crippen molar-refractivity contribution < 1.29 is 13.9 Å². The van der Waals surface area contributed by atoms with E-state index in [1.165, 1.54) is 12.1 Å². The Hall–Kier alpha value is -2.60. The number of amides is 2. The van der Waals surface area contributed by atoms with E-state index in [9.17, 15) is 9.18 Å². The van der Waals surface area contributed by atoms with Gasteiger partial charge in [0.25, 0.3) is 0 Å². The molecule has 5 nitrogen and oxygen atoms in total. The summed E-state index contributed by atoms with van der Waals surface area (Å²) in [6.07, 6.45) is 0. The van der Waals surface area contributed by atoms with Gasteiger partial charge in [-0.3, -0.25) is 0 Å². The van der Waals surface area contributed by atoms with Gasteiger partial charge in [-0.15, -0.1) is 0 Å². The second kappa shape index (κ2) is 7.11.